The first-order valence-corrected chi connectivity index (χ1v) is 10.3. The third-order valence-corrected chi connectivity index (χ3v) is 5.65. The summed E-state index contributed by atoms with van der Waals surface area (Å²) < 4.78 is 31.6. The quantitative estimate of drug-likeness (QED) is 0.404. The van der Waals surface area contributed by atoms with Crippen molar-refractivity contribution >= 4 is 49.6 Å². The number of aromatic nitrogens is 1. The smallest absolute Gasteiger partial charge is 0.308 e. The van der Waals surface area contributed by atoms with Gasteiger partial charge in [-0.25, -0.2) is 12.4 Å². The van der Waals surface area contributed by atoms with Crippen molar-refractivity contribution in [2.75, 3.05) is 12.5 Å². The van der Waals surface area contributed by atoms with E-state index in [9.17, 15) is 13.2 Å². The minimum atomic E-state index is -3.54. The molecule has 1 heterocycles. The van der Waals surface area contributed by atoms with E-state index in [2.05, 4.69) is 0 Å². The van der Waals surface area contributed by atoms with Crippen LogP contribution in [0.15, 0.2) is 35.2 Å². The van der Waals surface area contributed by atoms with Crippen LogP contribution in [0.3, 0.4) is 0 Å². The Morgan fingerprint density at radius 2 is 1.92 bits per heavy atom. The summed E-state index contributed by atoms with van der Waals surface area (Å²) in [4.78, 5) is 12.1. The van der Waals surface area contributed by atoms with Crippen LogP contribution in [0, 0.1) is 6.92 Å². The number of benzene rings is 2. The summed E-state index contributed by atoms with van der Waals surface area (Å²) in [6.07, 6.45) is 3.01. The van der Waals surface area contributed by atoms with Crippen LogP contribution in [0.4, 0.5) is 0 Å². The van der Waals surface area contributed by atoms with Gasteiger partial charge in [0.15, 0.2) is 0 Å². The van der Waals surface area contributed by atoms with Gasteiger partial charge in [-0.3, -0.25) is 4.79 Å². The minimum Gasteiger partial charge on any atom is -0.425 e. The molecule has 0 unspecified atom stereocenters. The molecule has 1 aromatic heterocycles. The van der Waals surface area contributed by atoms with Gasteiger partial charge < -0.3 is 4.74 Å². The highest BCUT2D eigenvalue weighted by Gasteiger charge is 2.24. The van der Waals surface area contributed by atoms with Gasteiger partial charge in [0, 0.05) is 17.7 Å². The van der Waals surface area contributed by atoms with Gasteiger partial charge in [-0.05, 0) is 30.9 Å². The summed E-state index contributed by atoms with van der Waals surface area (Å²) in [5.74, 6) is -0.0567. The molecule has 0 aliphatic heterocycles. The highest BCUT2D eigenvalue weighted by molar-refractivity contribution is 7.99. The van der Waals surface area contributed by atoms with Crippen LogP contribution in [0.2, 0.25) is 0 Å². The number of hydrogen-bond acceptors (Lipinski definition) is 5. The predicted molar refractivity (Wildman–Crippen MR) is 97.5 cm³/mol. The van der Waals surface area contributed by atoms with Crippen LogP contribution in [0.1, 0.15) is 12.5 Å². The van der Waals surface area contributed by atoms with E-state index in [0.717, 1.165) is 16.3 Å². The summed E-state index contributed by atoms with van der Waals surface area (Å²) in [7, 11) is -3.54. The number of ether oxygens (including phenoxy) is 1. The number of aryl methyl sites for hydroxylation is 1. The number of thioether (sulfide) groups is 1. The van der Waals surface area contributed by atoms with E-state index in [4.69, 9.17) is 4.74 Å². The van der Waals surface area contributed by atoms with Gasteiger partial charge in [0.2, 0.25) is 10.0 Å². The van der Waals surface area contributed by atoms with Crippen LogP contribution < -0.4 is 4.74 Å². The number of esters is 1. The van der Waals surface area contributed by atoms with Gasteiger partial charge in [-0.15, -0.1) is 11.8 Å². The molecular formula is C17H17NO4S2. The molecule has 0 amide bonds. The number of carbonyl (C=O) groups excluding carboxylic acids is 1. The van der Waals surface area contributed by atoms with Gasteiger partial charge >= 0.3 is 5.97 Å². The van der Waals surface area contributed by atoms with Crippen molar-refractivity contribution in [2.45, 2.75) is 18.7 Å². The zero-order valence-corrected chi connectivity index (χ0v) is 15.4. The van der Waals surface area contributed by atoms with Crippen molar-refractivity contribution in [3.05, 3.63) is 35.9 Å². The van der Waals surface area contributed by atoms with Crippen molar-refractivity contribution in [2.24, 2.45) is 0 Å². The molecule has 0 saturated carbocycles. The van der Waals surface area contributed by atoms with E-state index in [1.807, 2.05) is 31.4 Å². The summed E-state index contributed by atoms with van der Waals surface area (Å²) in [5.41, 5.74) is 2.04. The normalized spacial score (nSPS) is 12.0. The maximum absolute atomic E-state index is 12.5. The number of para-hydroxylation sites is 1. The first-order valence-electron chi connectivity index (χ1n) is 7.25. The van der Waals surface area contributed by atoms with Crippen LogP contribution in [-0.4, -0.2) is 30.9 Å². The van der Waals surface area contributed by atoms with Crippen molar-refractivity contribution in [3.63, 3.8) is 0 Å². The van der Waals surface area contributed by atoms with Crippen molar-refractivity contribution in [1.29, 1.82) is 0 Å². The first-order chi connectivity index (χ1) is 11.3. The molecule has 0 radical (unpaired) electrons. The molecule has 0 aliphatic rings. The second kappa shape index (κ2) is 5.82. The first kappa shape index (κ1) is 16.9. The molecule has 7 heteroatoms. The number of fused-ring (bicyclic) bond motifs is 3. The molecule has 0 spiro atoms. The number of rotatable bonds is 3. The zero-order valence-electron chi connectivity index (χ0n) is 13.8. The summed E-state index contributed by atoms with van der Waals surface area (Å²) in [6, 6.07) is 9.17. The summed E-state index contributed by atoms with van der Waals surface area (Å²) in [6.45, 7) is 3.22. The standard InChI is InChI=1S/C17H17NO4S2/c1-10-9-14(22-11(2)19)17(23-3)16-15(10)12-7-5-6-8-13(12)18(16)24(4,20)21/h5-9H,1-4H3. The fraction of sp³-hybridized carbons (Fsp3) is 0.235. The third-order valence-electron chi connectivity index (χ3n) is 3.80. The van der Waals surface area contributed by atoms with Gasteiger partial charge in [-0.1, -0.05) is 18.2 Å². The van der Waals surface area contributed by atoms with Crippen molar-refractivity contribution in [3.8, 4) is 5.75 Å². The molecular weight excluding hydrogens is 346 g/mol. The monoisotopic (exact) mass is 363 g/mol. The molecule has 0 bridgehead atoms. The van der Waals surface area contributed by atoms with E-state index in [1.165, 1.54) is 28.9 Å². The molecule has 0 atom stereocenters. The van der Waals surface area contributed by atoms with Crippen LogP contribution >= 0.6 is 11.8 Å². The number of carbonyl (C=O) groups is 1. The number of nitrogens with zero attached hydrogens (tertiary/aromatic N) is 1. The van der Waals surface area contributed by atoms with E-state index >= 15 is 0 Å². The molecule has 3 aromatic rings. The topological polar surface area (TPSA) is 65.4 Å². The molecule has 0 fully saturated rings. The van der Waals surface area contributed by atoms with Crippen molar-refractivity contribution < 1.29 is 17.9 Å². The lowest BCUT2D eigenvalue weighted by Crippen LogP contribution is -2.11. The highest BCUT2D eigenvalue weighted by atomic mass is 32.2. The summed E-state index contributed by atoms with van der Waals surface area (Å²) in [5, 5.41) is 1.72. The molecule has 0 N–H and O–H groups in total. The third kappa shape index (κ3) is 2.57. The number of hydrogen-bond donors (Lipinski definition) is 0. The van der Waals surface area contributed by atoms with Gasteiger partial charge in [0.05, 0.1) is 22.2 Å². The average Bonchev–Trinajstić information content (AvgIpc) is 2.82. The van der Waals surface area contributed by atoms with E-state index in [-0.39, 0.29) is 0 Å². The van der Waals surface area contributed by atoms with Gasteiger partial charge in [0.25, 0.3) is 0 Å². The SMILES string of the molecule is CSc1c(OC(C)=O)cc(C)c2c3ccccc3n(S(C)(=O)=O)c12. The summed E-state index contributed by atoms with van der Waals surface area (Å²) >= 11 is 1.36. The lowest BCUT2D eigenvalue weighted by Gasteiger charge is -2.13. The maximum atomic E-state index is 12.5. The van der Waals surface area contributed by atoms with E-state index in [0.29, 0.717) is 21.7 Å². The Labute approximate surface area is 144 Å². The Balaban J connectivity index is 2.63. The molecule has 126 valence electrons. The Morgan fingerprint density at radius 1 is 1.25 bits per heavy atom. The fourth-order valence-corrected chi connectivity index (χ4v) is 4.82. The minimum absolute atomic E-state index is 0.382. The molecule has 3 rings (SSSR count). The average molecular weight is 363 g/mol. The Kier molecular flexibility index (Phi) is 4.09. The molecule has 0 aliphatic carbocycles. The Hall–Kier alpha value is -1.99. The Morgan fingerprint density at radius 3 is 2.50 bits per heavy atom. The zero-order chi connectivity index (χ0) is 17.6. The fourth-order valence-electron chi connectivity index (χ4n) is 3.04. The Bertz CT molecular complexity index is 1080. The van der Waals surface area contributed by atoms with Crippen LogP contribution in [0.25, 0.3) is 21.8 Å². The van der Waals surface area contributed by atoms with Gasteiger partial charge in [0.1, 0.15) is 5.75 Å². The molecule has 24 heavy (non-hydrogen) atoms. The largest absolute Gasteiger partial charge is 0.425 e. The van der Waals surface area contributed by atoms with Crippen LogP contribution in [0.5, 0.6) is 5.75 Å². The van der Waals surface area contributed by atoms with E-state index < -0.39 is 16.0 Å². The molecule has 0 saturated heterocycles. The second-order valence-electron chi connectivity index (χ2n) is 5.59. The van der Waals surface area contributed by atoms with E-state index in [1.54, 1.807) is 12.1 Å². The lowest BCUT2D eigenvalue weighted by atomic mass is 10.1. The maximum Gasteiger partial charge on any atom is 0.308 e. The second-order valence-corrected chi connectivity index (χ2v) is 8.23. The molecule has 5 nitrogen and oxygen atoms in total. The molecule has 2 aromatic carbocycles. The van der Waals surface area contributed by atoms with Crippen LogP contribution in [-0.2, 0) is 14.8 Å². The predicted octanol–water partition coefficient (Wildman–Crippen LogP) is 3.56. The van der Waals surface area contributed by atoms with Crippen molar-refractivity contribution in [1.82, 2.24) is 3.97 Å². The lowest BCUT2D eigenvalue weighted by molar-refractivity contribution is -0.132. The van der Waals surface area contributed by atoms with Gasteiger partial charge in [-0.2, -0.15) is 0 Å². The highest BCUT2D eigenvalue weighted by Crippen LogP contribution is 2.42.